The summed E-state index contributed by atoms with van der Waals surface area (Å²) < 4.78 is 10.6. The third-order valence-electron chi connectivity index (χ3n) is 4.61. The average molecular weight is 361 g/mol. The van der Waals surface area contributed by atoms with E-state index < -0.39 is 5.60 Å². The Morgan fingerprint density at radius 2 is 2.15 bits per heavy atom. The number of nitrogens with zero attached hydrogens (tertiary/aromatic N) is 2. The van der Waals surface area contributed by atoms with Crippen LogP contribution < -0.4 is 10.2 Å². The van der Waals surface area contributed by atoms with E-state index in [1.807, 2.05) is 32.9 Å². The zero-order chi connectivity index (χ0) is 19.1. The first-order valence-corrected chi connectivity index (χ1v) is 8.98. The normalized spacial score (nSPS) is 18.6. The van der Waals surface area contributed by atoms with Gasteiger partial charge in [-0.05, 0) is 39.8 Å². The van der Waals surface area contributed by atoms with Crippen molar-refractivity contribution >= 4 is 23.4 Å². The molecule has 0 saturated heterocycles. The first kappa shape index (κ1) is 18.4. The number of ether oxygens (including phenoxy) is 2. The molecule has 0 spiro atoms. The molecule has 0 saturated carbocycles. The lowest BCUT2D eigenvalue weighted by atomic mass is 10.0. The molecule has 0 aromatic heterocycles. The monoisotopic (exact) mass is 361 g/mol. The van der Waals surface area contributed by atoms with Gasteiger partial charge in [0.25, 0.3) is 0 Å². The number of hydrogen-bond acceptors (Lipinski definition) is 6. The van der Waals surface area contributed by atoms with Crippen molar-refractivity contribution in [3.05, 3.63) is 23.3 Å². The maximum Gasteiger partial charge on any atom is 0.410 e. The van der Waals surface area contributed by atoms with E-state index in [9.17, 15) is 9.59 Å². The third-order valence-corrected chi connectivity index (χ3v) is 4.61. The number of likely N-dealkylation sites (N-methyl/N-ethyl adjacent to an activating group) is 2. The van der Waals surface area contributed by atoms with Crippen LogP contribution in [0.1, 0.15) is 43.6 Å². The van der Waals surface area contributed by atoms with Crippen molar-refractivity contribution in [3.8, 4) is 0 Å². The first-order valence-electron chi connectivity index (χ1n) is 8.98. The number of benzene rings is 1. The summed E-state index contributed by atoms with van der Waals surface area (Å²) in [6.07, 6.45) is -0.327. The molecule has 0 bridgehead atoms. The fourth-order valence-electron chi connectivity index (χ4n) is 3.40. The fourth-order valence-corrected chi connectivity index (χ4v) is 3.40. The summed E-state index contributed by atoms with van der Waals surface area (Å²) in [5.41, 5.74) is 3.01. The molecule has 0 fully saturated rings. The predicted octanol–water partition coefficient (Wildman–Crippen LogP) is 2.84. The average Bonchev–Trinajstić information content (AvgIpc) is 2.91. The standard InChI is InChI=1S/C19H27N3O4/c1-6-22-13(10-21(5)18(24)26-19(2,3)4)9-20-15-8-14-12(7-16(15)22)11-25-17(14)23/h7-8,13,20H,6,9-11H2,1-5H3. The van der Waals surface area contributed by atoms with Crippen molar-refractivity contribution in [2.75, 3.05) is 36.9 Å². The van der Waals surface area contributed by atoms with Crippen LogP contribution in [-0.4, -0.2) is 55.3 Å². The Kier molecular flexibility index (Phi) is 4.73. The molecule has 1 atom stereocenters. The van der Waals surface area contributed by atoms with Crippen LogP contribution in [0.3, 0.4) is 0 Å². The Labute approximate surface area is 154 Å². The summed E-state index contributed by atoms with van der Waals surface area (Å²) in [4.78, 5) is 27.9. The van der Waals surface area contributed by atoms with Crippen LogP contribution in [0, 0.1) is 0 Å². The van der Waals surface area contributed by atoms with E-state index in [-0.39, 0.29) is 18.1 Å². The van der Waals surface area contributed by atoms with Crippen LogP contribution >= 0.6 is 0 Å². The second-order valence-electron chi connectivity index (χ2n) is 7.78. The summed E-state index contributed by atoms with van der Waals surface area (Å²) in [7, 11) is 1.76. The van der Waals surface area contributed by atoms with Gasteiger partial charge in [0.2, 0.25) is 0 Å². The van der Waals surface area contributed by atoms with E-state index in [4.69, 9.17) is 9.47 Å². The molecule has 2 aliphatic heterocycles. The SMILES string of the molecule is CCN1c2cc3c(cc2NCC1CN(C)C(=O)OC(C)(C)C)C(=O)OC3. The van der Waals surface area contributed by atoms with E-state index in [2.05, 4.69) is 17.1 Å². The van der Waals surface area contributed by atoms with Gasteiger partial charge in [-0.2, -0.15) is 0 Å². The van der Waals surface area contributed by atoms with Crippen LogP contribution in [-0.2, 0) is 16.1 Å². The minimum atomic E-state index is -0.514. The highest BCUT2D eigenvalue weighted by Crippen LogP contribution is 2.36. The van der Waals surface area contributed by atoms with Crippen molar-refractivity contribution in [2.24, 2.45) is 0 Å². The topological polar surface area (TPSA) is 71.1 Å². The van der Waals surface area contributed by atoms with Crippen molar-refractivity contribution in [2.45, 2.75) is 45.9 Å². The predicted molar refractivity (Wildman–Crippen MR) is 99.7 cm³/mol. The van der Waals surface area contributed by atoms with E-state index in [1.54, 1.807) is 11.9 Å². The maximum absolute atomic E-state index is 12.3. The molecule has 142 valence electrons. The highest BCUT2D eigenvalue weighted by Gasteiger charge is 2.32. The molecule has 0 radical (unpaired) electrons. The van der Waals surface area contributed by atoms with Crippen molar-refractivity contribution in [3.63, 3.8) is 0 Å². The summed E-state index contributed by atoms with van der Waals surface area (Å²) in [6.45, 7) is 10.0. The number of hydrogen-bond donors (Lipinski definition) is 1. The Morgan fingerprint density at radius 3 is 2.81 bits per heavy atom. The number of carbonyl (C=O) groups is 2. The van der Waals surface area contributed by atoms with Gasteiger partial charge in [0.05, 0.1) is 23.0 Å². The van der Waals surface area contributed by atoms with Crippen LogP contribution in [0.15, 0.2) is 12.1 Å². The Morgan fingerprint density at radius 1 is 1.42 bits per heavy atom. The number of esters is 1. The number of cyclic esters (lactones) is 1. The number of amides is 1. The van der Waals surface area contributed by atoms with Gasteiger partial charge in [-0.25, -0.2) is 9.59 Å². The molecule has 1 unspecified atom stereocenters. The lowest BCUT2D eigenvalue weighted by Crippen LogP contribution is -2.51. The van der Waals surface area contributed by atoms with Gasteiger partial charge >= 0.3 is 12.1 Å². The lowest BCUT2D eigenvalue weighted by Gasteiger charge is -2.40. The molecular formula is C19H27N3O4. The van der Waals surface area contributed by atoms with Crippen molar-refractivity contribution < 1.29 is 19.1 Å². The molecule has 7 heteroatoms. The quantitative estimate of drug-likeness (QED) is 0.835. The summed E-state index contributed by atoms with van der Waals surface area (Å²) in [6, 6.07) is 4.00. The molecule has 2 aliphatic rings. The molecule has 7 nitrogen and oxygen atoms in total. The van der Waals surface area contributed by atoms with Gasteiger partial charge in [-0.1, -0.05) is 0 Å². The lowest BCUT2D eigenvalue weighted by molar-refractivity contribution is 0.0289. The summed E-state index contributed by atoms with van der Waals surface area (Å²) in [5, 5.41) is 3.39. The minimum Gasteiger partial charge on any atom is -0.457 e. The van der Waals surface area contributed by atoms with E-state index >= 15 is 0 Å². The molecule has 3 rings (SSSR count). The highest BCUT2D eigenvalue weighted by atomic mass is 16.6. The van der Waals surface area contributed by atoms with Gasteiger partial charge in [-0.15, -0.1) is 0 Å². The molecule has 1 amide bonds. The van der Waals surface area contributed by atoms with Crippen LogP contribution in [0.4, 0.5) is 16.2 Å². The molecule has 1 aromatic carbocycles. The molecule has 1 N–H and O–H groups in total. The molecule has 26 heavy (non-hydrogen) atoms. The zero-order valence-electron chi connectivity index (χ0n) is 16.1. The molecular weight excluding hydrogens is 334 g/mol. The van der Waals surface area contributed by atoms with Gasteiger partial charge in [0.15, 0.2) is 0 Å². The molecule has 0 aliphatic carbocycles. The Balaban J connectivity index is 1.77. The van der Waals surface area contributed by atoms with Gasteiger partial charge in [0, 0.05) is 32.2 Å². The van der Waals surface area contributed by atoms with Gasteiger partial charge in [0.1, 0.15) is 12.2 Å². The van der Waals surface area contributed by atoms with E-state index in [1.165, 1.54) is 0 Å². The zero-order valence-corrected chi connectivity index (χ0v) is 16.1. The number of carbonyl (C=O) groups excluding carboxylic acids is 2. The highest BCUT2D eigenvalue weighted by molar-refractivity contribution is 5.96. The number of anilines is 2. The third kappa shape index (κ3) is 3.57. The largest absolute Gasteiger partial charge is 0.457 e. The number of fused-ring (bicyclic) bond motifs is 2. The van der Waals surface area contributed by atoms with E-state index in [0.717, 1.165) is 23.5 Å². The molecule has 1 aromatic rings. The first-order chi connectivity index (χ1) is 12.2. The van der Waals surface area contributed by atoms with Crippen molar-refractivity contribution in [1.29, 1.82) is 0 Å². The van der Waals surface area contributed by atoms with Crippen LogP contribution in [0.2, 0.25) is 0 Å². The van der Waals surface area contributed by atoms with E-state index in [0.29, 0.717) is 25.3 Å². The number of rotatable bonds is 3. The second kappa shape index (κ2) is 6.70. The Bertz CT molecular complexity index is 726. The second-order valence-corrected chi connectivity index (χ2v) is 7.78. The summed E-state index contributed by atoms with van der Waals surface area (Å²) in [5.74, 6) is -0.264. The van der Waals surface area contributed by atoms with Crippen LogP contribution in [0.25, 0.3) is 0 Å². The fraction of sp³-hybridized carbons (Fsp3) is 0.579. The minimum absolute atomic E-state index is 0.112. The van der Waals surface area contributed by atoms with Crippen molar-refractivity contribution in [1.82, 2.24) is 4.90 Å². The summed E-state index contributed by atoms with van der Waals surface area (Å²) >= 11 is 0. The Hall–Kier alpha value is -2.44. The molecule has 2 heterocycles. The smallest absolute Gasteiger partial charge is 0.410 e. The van der Waals surface area contributed by atoms with Gasteiger partial charge in [-0.3, -0.25) is 0 Å². The maximum atomic E-state index is 12.3. The van der Waals surface area contributed by atoms with Crippen LogP contribution in [0.5, 0.6) is 0 Å². The number of nitrogens with one attached hydrogen (secondary N) is 1. The van der Waals surface area contributed by atoms with Gasteiger partial charge < -0.3 is 24.6 Å².